The molecule has 2 N–H and O–H groups in total. The maximum atomic E-state index is 5.89. The number of ether oxygens (including phenoxy) is 2. The SMILES string of the molecule is NCc1cc(OCC2COc3ccccc32)ccc1Br. The van der Waals surface area contributed by atoms with Gasteiger partial charge in [-0.3, -0.25) is 0 Å². The van der Waals surface area contributed by atoms with Crippen molar-refractivity contribution >= 4 is 15.9 Å². The van der Waals surface area contributed by atoms with E-state index in [-0.39, 0.29) is 5.92 Å². The molecule has 1 unspecified atom stereocenters. The third-order valence-electron chi connectivity index (χ3n) is 3.49. The topological polar surface area (TPSA) is 44.5 Å². The van der Waals surface area contributed by atoms with Crippen LogP contribution in [0, 0.1) is 0 Å². The van der Waals surface area contributed by atoms with Crippen molar-refractivity contribution < 1.29 is 9.47 Å². The van der Waals surface area contributed by atoms with Crippen LogP contribution in [0.5, 0.6) is 11.5 Å². The van der Waals surface area contributed by atoms with Gasteiger partial charge in [-0.05, 0) is 29.8 Å². The Morgan fingerprint density at radius 1 is 1.25 bits per heavy atom. The molecule has 20 heavy (non-hydrogen) atoms. The summed E-state index contributed by atoms with van der Waals surface area (Å²) in [5.74, 6) is 2.11. The zero-order valence-electron chi connectivity index (χ0n) is 11.0. The Balaban J connectivity index is 1.69. The Kier molecular flexibility index (Phi) is 3.94. The van der Waals surface area contributed by atoms with Crippen LogP contribution in [-0.4, -0.2) is 13.2 Å². The van der Waals surface area contributed by atoms with E-state index in [0.29, 0.717) is 19.8 Å². The number of benzene rings is 2. The summed E-state index contributed by atoms with van der Waals surface area (Å²) in [5, 5.41) is 0. The van der Waals surface area contributed by atoms with Crippen molar-refractivity contribution in [2.75, 3.05) is 13.2 Å². The highest BCUT2D eigenvalue weighted by atomic mass is 79.9. The lowest BCUT2D eigenvalue weighted by atomic mass is 10.0. The van der Waals surface area contributed by atoms with Gasteiger partial charge >= 0.3 is 0 Å². The molecule has 1 heterocycles. The highest BCUT2D eigenvalue weighted by molar-refractivity contribution is 9.10. The summed E-state index contributed by atoms with van der Waals surface area (Å²) in [4.78, 5) is 0. The van der Waals surface area contributed by atoms with Gasteiger partial charge in [-0.15, -0.1) is 0 Å². The number of hydrogen-bond donors (Lipinski definition) is 1. The van der Waals surface area contributed by atoms with Crippen molar-refractivity contribution in [3.05, 3.63) is 58.1 Å². The second-order valence-electron chi connectivity index (χ2n) is 4.81. The summed E-state index contributed by atoms with van der Waals surface area (Å²) in [7, 11) is 0. The molecule has 3 rings (SSSR count). The van der Waals surface area contributed by atoms with Crippen LogP contribution < -0.4 is 15.2 Å². The minimum atomic E-state index is 0.288. The molecule has 0 bridgehead atoms. The molecule has 3 nitrogen and oxygen atoms in total. The average Bonchev–Trinajstić information content (AvgIpc) is 2.90. The van der Waals surface area contributed by atoms with Gasteiger partial charge < -0.3 is 15.2 Å². The van der Waals surface area contributed by atoms with Gasteiger partial charge in [0.15, 0.2) is 0 Å². The largest absolute Gasteiger partial charge is 0.493 e. The zero-order valence-corrected chi connectivity index (χ0v) is 12.6. The summed E-state index contributed by atoms with van der Waals surface area (Å²) >= 11 is 3.47. The maximum absolute atomic E-state index is 5.89. The lowest BCUT2D eigenvalue weighted by Crippen LogP contribution is -2.12. The highest BCUT2D eigenvalue weighted by Crippen LogP contribution is 2.34. The number of rotatable bonds is 4. The van der Waals surface area contributed by atoms with Crippen molar-refractivity contribution in [1.82, 2.24) is 0 Å². The Morgan fingerprint density at radius 2 is 2.10 bits per heavy atom. The van der Waals surface area contributed by atoms with Crippen molar-refractivity contribution in [2.45, 2.75) is 12.5 Å². The van der Waals surface area contributed by atoms with E-state index in [1.54, 1.807) is 0 Å². The first-order valence-corrected chi connectivity index (χ1v) is 7.40. The van der Waals surface area contributed by atoms with Gasteiger partial charge in [-0.25, -0.2) is 0 Å². The first-order valence-electron chi connectivity index (χ1n) is 6.61. The lowest BCUT2D eigenvalue weighted by molar-refractivity contribution is 0.248. The summed E-state index contributed by atoms with van der Waals surface area (Å²) in [6, 6.07) is 14.0. The number of hydrogen-bond acceptors (Lipinski definition) is 3. The number of fused-ring (bicyclic) bond motifs is 1. The van der Waals surface area contributed by atoms with Gasteiger partial charge in [0.05, 0.1) is 19.1 Å². The van der Waals surface area contributed by atoms with Crippen LogP contribution in [0.3, 0.4) is 0 Å². The van der Waals surface area contributed by atoms with Crippen LogP contribution >= 0.6 is 15.9 Å². The molecule has 4 heteroatoms. The van der Waals surface area contributed by atoms with Gasteiger partial charge in [-0.1, -0.05) is 34.1 Å². The summed E-state index contributed by atoms with van der Waals surface area (Å²) in [5.41, 5.74) is 7.97. The van der Waals surface area contributed by atoms with E-state index in [0.717, 1.165) is 21.5 Å². The van der Waals surface area contributed by atoms with Crippen LogP contribution in [0.4, 0.5) is 0 Å². The fourth-order valence-corrected chi connectivity index (χ4v) is 2.77. The molecule has 1 aliphatic rings. The molecule has 0 saturated heterocycles. The van der Waals surface area contributed by atoms with Crippen molar-refractivity contribution in [3.63, 3.8) is 0 Å². The summed E-state index contributed by atoms with van der Waals surface area (Å²) < 4.78 is 12.6. The Bertz CT molecular complexity index is 615. The summed E-state index contributed by atoms with van der Waals surface area (Å²) in [6.45, 7) is 1.79. The predicted molar refractivity (Wildman–Crippen MR) is 82.2 cm³/mol. The third kappa shape index (κ3) is 2.67. The molecule has 0 fully saturated rings. The number of para-hydroxylation sites is 1. The monoisotopic (exact) mass is 333 g/mol. The molecular weight excluding hydrogens is 318 g/mol. The predicted octanol–water partition coefficient (Wildman–Crippen LogP) is 3.46. The molecule has 0 radical (unpaired) electrons. The molecule has 104 valence electrons. The number of nitrogens with two attached hydrogens (primary N) is 1. The number of halogens is 1. The van der Waals surface area contributed by atoms with Crippen LogP contribution in [0.2, 0.25) is 0 Å². The first-order chi connectivity index (χ1) is 9.78. The van der Waals surface area contributed by atoms with E-state index in [9.17, 15) is 0 Å². The van der Waals surface area contributed by atoms with E-state index in [4.69, 9.17) is 15.2 Å². The maximum Gasteiger partial charge on any atom is 0.123 e. The fourth-order valence-electron chi connectivity index (χ4n) is 2.36. The van der Waals surface area contributed by atoms with Crippen LogP contribution in [-0.2, 0) is 6.54 Å². The Labute approximate surface area is 126 Å². The highest BCUT2D eigenvalue weighted by Gasteiger charge is 2.24. The van der Waals surface area contributed by atoms with Crippen LogP contribution in [0.15, 0.2) is 46.9 Å². The Hall–Kier alpha value is -1.52. The van der Waals surface area contributed by atoms with E-state index >= 15 is 0 Å². The molecule has 0 aliphatic carbocycles. The van der Waals surface area contributed by atoms with E-state index in [1.807, 2.05) is 36.4 Å². The van der Waals surface area contributed by atoms with E-state index < -0.39 is 0 Å². The normalized spacial score (nSPS) is 16.6. The molecule has 2 aromatic rings. The van der Waals surface area contributed by atoms with Gasteiger partial charge in [0.2, 0.25) is 0 Å². The second kappa shape index (κ2) is 5.85. The standard InChI is InChI=1S/C16H16BrNO2/c17-15-6-5-13(7-11(15)8-18)19-9-12-10-20-16-4-2-1-3-14(12)16/h1-7,12H,8-10,18H2. The molecule has 1 atom stereocenters. The zero-order chi connectivity index (χ0) is 13.9. The van der Waals surface area contributed by atoms with Gasteiger partial charge in [-0.2, -0.15) is 0 Å². The lowest BCUT2D eigenvalue weighted by Gasteiger charge is -2.12. The minimum Gasteiger partial charge on any atom is -0.493 e. The molecule has 0 saturated carbocycles. The van der Waals surface area contributed by atoms with E-state index in [2.05, 4.69) is 22.0 Å². The smallest absolute Gasteiger partial charge is 0.123 e. The van der Waals surface area contributed by atoms with Crippen molar-refractivity contribution in [2.24, 2.45) is 5.73 Å². The Morgan fingerprint density at radius 3 is 2.95 bits per heavy atom. The third-order valence-corrected chi connectivity index (χ3v) is 4.26. The molecule has 2 aromatic carbocycles. The molecule has 1 aliphatic heterocycles. The van der Waals surface area contributed by atoms with Crippen molar-refractivity contribution in [3.8, 4) is 11.5 Å². The molecule has 0 aromatic heterocycles. The van der Waals surface area contributed by atoms with Crippen LogP contribution in [0.1, 0.15) is 17.0 Å². The van der Waals surface area contributed by atoms with Gasteiger partial charge in [0, 0.05) is 16.6 Å². The van der Waals surface area contributed by atoms with Gasteiger partial charge in [0.1, 0.15) is 11.5 Å². The fraction of sp³-hybridized carbons (Fsp3) is 0.250. The van der Waals surface area contributed by atoms with E-state index in [1.165, 1.54) is 5.56 Å². The second-order valence-corrected chi connectivity index (χ2v) is 5.67. The minimum absolute atomic E-state index is 0.288. The van der Waals surface area contributed by atoms with Crippen molar-refractivity contribution in [1.29, 1.82) is 0 Å². The average molecular weight is 334 g/mol. The molecule has 0 spiro atoms. The quantitative estimate of drug-likeness (QED) is 0.931. The molecule has 0 amide bonds. The first kappa shape index (κ1) is 13.5. The molecular formula is C16H16BrNO2. The van der Waals surface area contributed by atoms with Gasteiger partial charge in [0.25, 0.3) is 0 Å². The summed E-state index contributed by atoms with van der Waals surface area (Å²) in [6.07, 6.45) is 0. The van der Waals surface area contributed by atoms with Crippen LogP contribution in [0.25, 0.3) is 0 Å².